The normalized spacial score (nSPS) is 23.7. The van der Waals surface area contributed by atoms with E-state index in [1.165, 1.54) is 6.42 Å². The van der Waals surface area contributed by atoms with Crippen LogP contribution >= 0.6 is 15.9 Å². The molecule has 2 nitrogen and oxygen atoms in total. The second-order valence-electron chi connectivity index (χ2n) is 5.37. The van der Waals surface area contributed by atoms with E-state index in [2.05, 4.69) is 40.0 Å². The maximum absolute atomic E-state index is 13.6. The maximum Gasteiger partial charge on any atom is 0.139 e. The van der Waals surface area contributed by atoms with Crippen LogP contribution in [0.4, 0.5) is 10.1 Å². The van der Waals surface area contributed by atoms with Crippen LogP contribution in [-0.4, -0.2) is 25.7 Å². The second-order valence-corrected chi connectivity index (χ2v) is 6.23. The average Bonchev–Trinajstić information content (AvgIpc) is 2.40. The van der Waals surface area contributed by atoms with Crippen molar-refractivity contribution in [3.8, 4) is 0 Å². The lowest BCUT2D eigenvalue weighted by molar-refractivity contribution is 0.322. The van der Waals surface area contributed by atoms with Crippen molar-refractivity contribution in [3.63, 3.8) is 0 Å². The Balaban J connectivity index is 1.99. The third kappa shape index (κ3) is 3.69. The highest BCUT2D eigenvalue weighted by Crippen LogP contribution is 2.26. The quantitative estimate of drug-likeness (QED) is 0.904. The van der Waals surface area contributed by atoms with Crippen LogP contribution in [0.5, 0.6) is 0 Å². The molecule has 0 radical (unpaired) electrons. The molecule has 19 heavy (non-hydrogen) atoms. The third-order valence-electron chi connectivity index (χ3n) is 3.83. The van der Waals surface area contributed by atoms with Crippen LogP contribution in [0.1, 0.15) is 26.7 Å². The summed E-state index contributed by atoms with van der Waals surface area (Å²) in [6.45, 7) is 7.53. The molecule has 1 aliphatic heterocycles. The smallest absolute Gasteiger partial charge is 0.139 e. The van der Waals surface area contributed by atoms with Gasteiger partial charge in [0, 0.05) is 24.8 Å². The Labute approximate surface area is 123 Å². The molecule has 0 spiro atoms. The lowest BCUT2D eigenvalue weighted by Crippen LogP contribution is -2.48. The first kappa shape index (κ1) is 14.8. The highest BCUT2D eigenvalue weighted by atomic mass is 79.9. The lowest BCUT2D eigenvalue weighted by atomic mass is 9.93. The van der Waals surface area contributed by atoms with Crippen molar-refractivity contribution in [3.05, 3.63) is 28.5 Å². The van der Waals surface area contributed by atoms with E-state index in [9.17, 15) is 4.39 Å². The van der Waals surface area contributed by atoms with Crippen molar-refractivity contribution in [2.24, 2.45) is 5.92 Å². The van der Waals surface area contributed by atoms with Gasteiger partial charge in [-0.2, -0.15) is 0 Å². The number of hydrogen-bond donors (Lipinski definition) is 1. The summed E-state index contributed by atoms with van der Waals surface area (Å²) >= 11 is 3.20. The van der Waals surface area contributed by atoms with Gasteiger partial charge in [0.25, 0.3) is 0 Å². The molecule has 2 atom stereocenters. The van der Waals surface area contributed by atoms with Crippen LogP contribution < -0.4 is 10.2 Å². The van der Waals surface area contributed by atoms with Gasteiger partial charge in [-0.1, -0.05) is 13.8 Å². The fourth-order valence-electron chi connectivity index (χ4n) is 2.69. The highest BCUT2D eigenvalue weighted by molar-refractivity contribution is 9.10. The fraction of sp³-hybridized carbons (Fsp3) is 0.600. The van der Waals surface area contributed by atoms with Gasteiger partial charge in [0.15, 0.2) is 0 Å². The number of nitrogens with zero attached hydrogens (tertiary/aromatic N) is 1. The number of benzene rings is 1. The Morgan fingerprint density at radius 2 is 2.26 bits per heavy atom. The van der Waals surface area contributed by atoms with Gasteiger partial charge in [-0.3, -0.25) is 0 Å². The molecule has 1 saturated heterocycles. The van der Waals surface area contributed by atoms with Gasteiger partial charge in [-0.15, -0.1) is 0 Å². The summed E-state index contributed by atoms with van der Waals surface area (Å²) in [6.07, 6.45) is 2.30. The standard InChI is InChI=1S/C15H22BrFN2/c1-3-7-18-15-6-8-19(10-11(15)2)12-4-5-13(16)14(17)9-12/h4-5,9,11,15,18H,3,6-8,10H2,1-2H3. The van der Waals surface area contributed by atoms with E-state index in [4.69, 9.17) is 0 Å². The summed E-state index contributed by atoms with van der Waals surface area (Å²) in [5.74, 6) is 0.406. The summed E-state index contributed by atoms with van der Waals surface area (Å²) in [4.78, 5) is 2.28. The molecule has 0 saturated carbocycles. The van der Waals surface area contributed by atoms with E-state index < -0.39 is 0 Å². The SMILES string of the molecule is CCCNC1CCN(c2ccc(Br)c(F)c2)CC1C. The molecule has 106 valence electrons. The molecule has 0 bridgehead atoms. The summed E-state index contributed by atoms with van der Waals surface area (Å²) < 4.78 is 14.1. The monoisotopic (exact) mass is 328 g/mol. The fourth-order valence-corrected chi connectivity index (χ4v) is 2.94. The number of rotatable bonds is 4. The van der Waals surface area contributed by atoms with Gasteiger partial charge in [-0.25, -0.2) is 4.39 Å². The largest absolute Gasteiger partial charge is 0.371 e. The predicted molar refractivity (Wildman–Crippen MR) is 82.2 cm³/mol. The molecule has 1 aliphatic rings. The topological polar surface area (TPSA) is 15.3 Å². The van der Waals surface area contributed by atoms with E-state index in [0.717, 1.165) is 31.7 Å². The van der Waals surface area contributed by atoms with Crippen LogP contribution in [0, 0.1) is 11.7 Å². The second kappa shape index (κ2) is 6.71. The van der Waals surface area contributed by atoms with E-state index >= 15 is 0 Å². The van der Waals surface area contributed by atoms with E-state index in [-0.39, 0.29) is 5.82 Å². The van der Waals surface area contributed by atoms with Crippen LogP contribution in [0.3, 0.4) is 0 Å². The highest BCUT2D eigenvalue weighted by Gasteiger charge is 2.25. The minimum Gasteiger partial charge on any atom is -0.371 e. The van der Waals surface area contributed by atoms with Crippen molar-refractivity contribution < 1.29 is 4.39 Å². The van der Waals surface area contributed by atoms with Crippen LogP contribution in [0.2, 0.25) is 0 Å². The molecule has 1 aromatic rings. The van der Waals surface area contributed by atoms with Crippen LogP contribution in [-0.2, 0) is 0 Å². The molecule has 1 N–H and O–H groups in total. The summed E-state index contributed by atoms with van der Waals surface area (Å²) in [7, 11) is 0. The van der Waals surface area contributed by atoms with Crippen molar-refractivity contribution in [1.29, 1.82) is 0 Å². The predicted octanol–water partition coefficient (Wildman–Crippen LogP) is 3.80. The van der Waals surface area contributed by atoms with E-state index in [0.29, 0.717) is 16.4 Å². The van der Waals surface area contributed by atoms with E-state index in [1.54, 1.807) is 12.1 Å². The molecule has 1 aromatic carbocycles. The first-order valence-corrected chi connectivity index (χ1v) is 7.84. The Hall–Kier alpha value is -0.610. The van der Waals surface area contributed by atoms with Crippen molar-refractivity contribution in [1.82, 2.24) is 5.32 Å². The number of hydrogen-bond acceptors (Lipinski definition) is 2. The molecular formula is C15H22BrFN2. The Morgan fingerprint density at radius 3 is 2.89 bits per heavy atom. The molecule has 2 unspecified atom stereocenters. The molecule has 0 amide bonds. The molecule has 4 heteroatoms. The molecule has 1 fully saturated rings. The van der Waals surface area contributed by atoms with Crippen molar-refractivity contribution >= 4 is 21.6 Å². The number of halogens is 2. The summed E-state index contributed by atoms with van der Waals surface area (Å²) in [5.41, 5.74) is 0.987. The maximum atomic E-state index is 13.6. The molecule has 1 heterocycles. The zero-order valence-electron chi connectivity index (χ0n) is 11.6. The Morgan fingerprint density at radius 1 is 1.47 bits per heavy atom. The van der Waals surface area contributed by atoms with E-state index in [1.807, 2.05) is 6.07 Å². The molecule has 0 aliphatic carbocycles. The number of nitrogens with one attached hydrogen (secondary N) is 1. The Kier molecular flexibility index (Phi) is 5.22. The minimum atomic E-state index is -0.184. The van der Waals surface area contributed by atoms with Gasteiger partial charge in [0.2, 0.25) is 0 Å². The lowest BCUT2D eigenvalue weighted by Gasteiger charge is -2.38. The number of anilines is 1. The third-order valence-corrected chi connectivity index (χ3v) is 4.47. The average molecular weight is 329 g/mol. The molecule has 2 rings (SSSR count). The zero-order valence-corrected chi connectivity index (χ0v) is 13.2. The van der Waals surface area contributed by atoms with Crippen molar-refractivity contribution in [2.45, 2.75) is 32.7 Å². The summed E-state index contributed by atoms with van der Waals surface area (Å²) in [5, 5.41) is 3.61. The number of piperidine rings is 1. The zero-order chi connectivity index (χ0) is 13.8. The van der Waals surface area contributed by atoms with Gasteiger partial charge in [-0.05, 0) is 59.4 Å². The van der Waals surface area contributed by atoms with Gasteiger partial charge in [0.1, 0.15) is 5.82 Å². The van der Waals surface area contributed by atoms with Gasteiger partial charge >= 0.3 is 0 Å². The Bertz CT molecular complexity index is 425. The minimum absolute atomic E-state index is 0.184. The van der Waals surface area contributed by atoms with Crippen LogP contribution in [0.25, 0.3) is 0 Å². The first-order chi connectivity index (χ1) is 9.11. The first-order valence-electron chi connectivity index (χ1n) is 7.05. The van der Waals surface area contributed by atoms with Crippen LogP contribution in [0.15, 0.2) is 22.7 Å². The molecule has 0 aromatic heterocycles. The molecular weight excluding hydrogens is 307 g/mol. The van der Waals surface area contributed by atoms with Crippen molar-refractivity contribution in [2.75, 3.05) is 24.5 Å². The van der Waals surface area contributed by atoms with Gasteiger partial charge < -0.3 is 10.2 Å². The summed E-state index contributed by atoms with van der Waals surface area (Å²) in [6, 6.07) is 5.99. The van der Waals surface area contributed by atoms with Gasteiger partial charge in [0.05, 0.1) is 4.47 Å².